The van der Waals surface area contributed by atoms with E-state index in [-0.39, 0.29) is 18.1 Å². The second kappa shape index (κ2) is 5.86. The number of likely N-dealkylation sites (tertiary alicyclic amines) is 1. The number of fused-ring (bicyclic) bond motifs is 2. The Balaban J connectivity index is 1.51. The third-order valence-electron chi connectivity index (χ3n) is 5.71. The summed E-state index contributed by atoms with van der Waals surface area (Å²) in [5.41, 5.74) is 1.65. The maximum atomic E-state index is 12.9. The van der Waals surface area contributed by atoms with Gasteiger partial charge >= 0.3 is 0 Å². The van der Waals surface area contributed by atoms with E-state index in [1.807, 2.05) is 43.4 Å². The Labute approximate surface area is 141 Å². The van der Waals surface area contributed by atoms with Crippen molar-refractivity contribution in [2.24, 2.45) is 11.8 Å². The number of amides is 1. The lowest BCUT2D eigenvalue weighted by Crippen LogP contribution is -2.46. The first kappa shape index (κ1) is 15.6. The zero-order valence-electron chi connectivity index (χ0n) is 14.2. The maximum Gasteiger partial charge on any atom is 0.254 e. The van der Waals surface area contributed by atoms with Crippen molar-refractivity contribution in [3.63, 3.8) is 0 Å². The first-order valence-electron chi connectivity index (χ1n) is 8.60. The Morgan fingerprint density at radius 2 is 2.00 bits per heavy atom. The first-order chi connectivity index (χ1) is 11.5. The van der Waals surface area contributed by atoms with Crippen LogP contribution in [0.2, 0.25) is 0 Å². The van der Waals surface area contributed by atoms with Crippen molar-refractivity contribution in [1.82, 2.24) is 19.4 Å². The number of rotatable bonds is 2. The molecular formula is C18H24N4O2. The van der Waals surface area contributed by atoms with Gasteiger partial charge in [0.1, 0.15) is 0 Å². The van der Waals surface area contributed by atoms with Crippen LogP contribution in [0.15, 0.2) is 30.6 Å². The molecule has 2 aromatic heterocycles. The predicted octanol–water partition coefficient (Wildman–Crippen LogP) is 1.11. The van der Waals surface area contributed by atoms with Gasteiger partial charge in [0.25, 0.3) is 5.91 Å². The van der Waals surface area contributed by atoms with Crippen molar-refractivity contribution in [3.8, 4) is 0 Å². The van der Waals surface area contributed by atoms with Gasteiger partial charge in [-0.15, -0.1) is 0 Å². The van der Waals surface area contributed by atoms with Gasteiger partial charge in [-0.1, -0.05) is 0 Å². The van der Waals surface area contributed by atoms with Crippen LogP contribution in [-0.2, 0) is 0 Å². The highest BCUT2D eigenvalue weighted by atomic mass is 16.3. The normalized spacial score (nSPS) is 30.1. The molecule has 2 aromatic rings. The zero-order valence-corrected chi connectivity index (χ0v) is 14.2. The molecule has 1 saturated heterocycles. The highest BCUT2D eigenvalue weighted by Gasteiger charge is 2.43. The monoisotopic (exact) mass is 328 g/mol. The van der Waals surface area contributed by atoms with Crippen molar-refractivity contribution in [3.05, 3.63) is 36.2 Å². The molecule has 0 aromatic carbocycles. The molecule has 1 aliphatic carbocycles. The van der Waals surface area contributed by atoms with Gasteiger partial charge in [0.05, 0.1) is 11.6 Å². The van der Waals surface area contributed by atoms with Crippen LogP contribution in [0.25, 0.3) is 5.52 Å². The van der Waals surface area contributed by atoms with E-state index >= 15 is 0 Å². The second-order valence-corrected chi connectivity index (χ2v) is 7.42. The molecule has 1 amide bonds. The van der Waals surface area contributed by atoms with Crippen LogP contribution >= 0.6 is 0 Å². The van der Waals surface area contributed by atoms with Crippen LogP contribution in [0.5, 0.6) is 0 Å². The number of aliphatic hydroxyl groups excluding tert-OH is 1. The van der Waals surface area contributed by atoms with Gasteiger partial charge in [-0.2, -0.15) is 5.10 Å². The van der Waals surface area contributed by atoms with E-state index < -0.39 is 0 Å². The number of aromatic nitrogens is 2. The van der Waals surface area contributed by atoms with Crippen LogP contribution in [-0.4, -0.2) is 69.8 Å². The fourth-order valence-corrected chi connectivity index (χ4v) is 4.37. The molecule has 4 atom stereocenters. The number of pyridine rings is 1. The molecule has 1 N–H and O–H groups in total. The zero-order chi connectivity index (χ0) is 16.8. The van der Waals surface area contributed by atoms with Crippen molar-refractivity contribution >= 4 is 11.4 Å². The summed E-state index contributed by atoms with van der Waals surface area (Å²) in [6.07, 6.45) is 5.02. The van der Waals surface area contributed by atoms with Crippen LogP contribution in [0.3, 0.4) is 0 Å². The van der Waals surface area contributed by atoms with Gasteiger partial charge in [-0.3, -0.25) is 4.79 Å². The molecule has 4 rings (SSSR count). The van der Waals surface area contributed by atoms with E-state index in [9.17, 15) is 9.90 Å². The Kier molecular flexibility index (Phi) is 3.81. The average molecular weight is 328 g/mol. The van der Waals surface area contributed by atoms with E-state index in [1.54, 1.807) is 10.7 Å². The van der Waals surface area contributed by atoms with E-state index in [0.29, 0.717) is 17.4 Å². The van der Waals surface area contributed by atoms with Gasteiger partial charge in [0.15, 0.2) is 0 Å². The number of hydrogen-bond acceptors (Lipinski definition) is 4. The third-order valence-corrected chi connectivity index (χ3v) is 5.71. The minimum atomic E-state index is -0.292. The van der Waals surface area contributed by atoms with E-state index in [0.717, 1.165) is 31.4 Å². The highest BCUT2D eigenvalue weighted by Crippen LogP contribution is 2.38. The molecule has 6 heteroatoms. The minimum Gasteiger partial charge on any atom is -0.391 e. The van der Waals surface area contributed by atoms with Gasteiger partial charge in [0, 0.05) is 37.1 Å². The van der Waals surface area contributed by atoms with Gasteiger partial charge in [-0.25, -0.2) is 4.52 Å². The Morgan fingerprint density at radius 3 is 2.75 bits per heavy atom. The Morgan fingerprint density at radius 1 is 1.25 bits per heavy atom. The van der Waals surface area contributed by atoms with Gasteiger partial charge < -0.3 is 14.9 Å². The fourth-order valence-electron chi connectivity index (χ4n) is 4.37. The van der Waals surface area contributed by atoms with Gasteiger partial charge in [0.2, 0.25) is 0 Å². The number of aliphatic hydroxyl groups is 1. The number of carbonyl (C=O) groups excluding carboxylic acids is 1. The standard InChI is InChI=1S/C18H24N4O2/c1-20(2)16-8-13-10-21(11-14(13)9-17(16)23)18(24)12-4-6-22-15(7-12)3-5-19-22/h3-7,13-14,16-17,23H,8-11H2,1-2H3/t13-,14+,16-,17-/m1/s1. The summed E-state index contributed by atoms with van der Waals surface area (Å²) < 4.78 is 1.76. The summed E-state index contributed by atoms with van der Waals surface area (Å²) in [7, 11) is 4.04. The predicted molar refractivity (Wildman–Crippen MR) is 90.8 cm³/mol. The van der Waals surface area contributed by atoms with Crippen LogP contribution in [0.4, 0.5) is 0 Å². The van der Waals surface area contributed by atoms with E-state index in [2.05, 4.69) is 10.00 Å². The largest absolute Gasteiger partial charge is 0.391 e. The molecule has 2 aliphatic rings. The molecule has 0 unspecified atom stereocenters. The van der Waals surface area contributed by atoms with Crippen molar-refractivity contribution in [1.29, 1.82) is 0 Å². The van der Waals surface area contributed by atoms with Crippen molar-refractivity contribution in [2.75, 3.05) is 27.2 Å². The quantitative estimate of drug-likeness (QED) is 0.897. The molecule has 128 valence electrons. The molecule has 0 radical (unpaired) electrons. The van der Waals surface area contributed by atoms with Gasteiger partial charge in [-0.05, 0) is 57.0 Å². The summed E-state index contributed by atoms with van der Waals surface area (Å²) in [6.45, 7) is 1.55. The summed E-state index contributed by atoms with van der Waals surface area (Å²) in [4.78, 5) is 16.9. The van der Waals surface area contributed by atoms with Crippen molar-refractivity contribution < 1.29 is 9.90 Å². The lowest BCUT2D eigenvalue weighted by Gasteiger charge is -2.38. The van der Waals surface area contributed by atoms with E-state index in [1.165, 1.54) is 0 Å². The first-order valence-corrected chi connectivity index (χ1v) is 8.60. The summed E-state index contributed by atoms with van der Waals surface area (Å²) in [5.74, 6) is 0.992. The number of likely N-dealkylation sites (N-methyl/N-ethyl adjacent to an activating group) is 1. The number of carbonyl (C=O) groups is 1. The molecule has 2 fully saturated rings. The number of nitrogens with zero attached hydrogens (tertiary/aromatic N) is 4. The van der Waals surface area contributed by atoms with E-state index in [4.69, 9.17) is 0 Å². The van der Waals surface area contributed by atoms with Crippen LogP contribution < -0.4 is 0 Å². The Bertz CT molecular complexity index is 756. The average Bonchev–Trinajstić information content (AvgIpc) is 3.18. The smallest absolute Gasteiger partial charge is 0.254 e. The highest BCUT2D eigenvalue weighted by molar-refractivity contribution is 5.95. The molecule has 0 spiro atoms. The summed E-state index contributed by atoms with van der Waals surface area (Å²) in [5, 5.41) is 14.5. The van der Waals surface area contributed by atoms with Crippen LogP contribution in [0, 0.1) is 11.8 Å². The molecule has 24 heavy (non-hydrogen) atoms. The third kappa shape index (κ3) is 2.59. The minimum absolute atomic E-state index is 0.0870. The molecule has 1 saturated carbocycles. The molecule has 6 nitrogen and oxygen atoms in total. The molecular weight excluding hydrogens is 304 g/mol. The summed E-state index contributed by atoms with van der Waals surface area (Å²) >= 11 is 0. The Hall–Kier alpha value is -1.92. The SMILES string of the molecule is CN(C)[C@@H]1C[C@@H]2CN(C(=O)c3ccn4nccc4c3)C[C@@H]2C[C@H]1O. The molecule has 0 bridgehead atoms. The van der Waals surface area contributed by atoms with Crippen LogP contribution in [0.1, 0.15) is 23.2 Å². The van der Waals surface area contributed by atoms with Crippen molar-refractivity contribution in [2.45, 2.75) is 25.0 Å². The second-order valence-electron chi connectivity index (χ2n) is 7.42. The lowest BCUT2D eigenvalue weighted by molar-refractivity contribution is 0.00940. The fraction of sp³-hybridized carbons (Fsp3) is 0.556. The molecule has 1 aliphatic heterocycles. The lowest BCUT2D eigenvalue weighted by atomic mass is 9.77. The maximum absolute atomic E-state index is 12.9. The summed E-state index contributed by atoms with van der Waals surface area (Å²) in [6, 6.07) is 5.83. The topological polar surface area (TPSA) is 61.1 Å². The number of hydrogen-bond donors (Lipinski definition) is 1. The molecule has 3 heterocycles.